The molecule has 2 aromatic carbocycles. The lowest BCUT2D eigenvalue weighted by molar-refractivity contribution is -0.192. The molecular weight excluding hydrogens is 635 g/mol. The van der Waals surface area contributed by atoms with Gasteiger partial charge in [-0.1, -0.05) is 23.2 Å². The van der Waals surface area contributed by atoms with E-state index in [0.29, 0.717) is 47.4 Å². The zero-order valence-electron chi connectivity index (χ0n) is 21.5. The molecular formula is C25H26Cl2F4N2O6S2. The summed E-state index contributed by atoms with van der Waals surface area (Å²) in [7, 11) is -3.79. The van der Waals surface area contributed by atoms with Gasteiger partial charge >= 0.3 is 12.1 Å². The molecule has 0 radical (unpaired) electrons. The number of rotatable bonds is 7. The molecule has 2 aromatic rings. The Balaban J connectivity index is 0.000000587. The molecule has 226 valence electrons. The first-order chi connectivity index (χ1) is 18.9. The van der Waals surface area contributed by atoms with Crippen LogP contribution in [0.3, 0.4) is 0 Å². The number of hydrogen-bond donors (Lipinski definition) is 2. The number of carboxylic acid groups (broad SMARTS) is 1. The van der Waals surface area contributed by atoms with Gasteiger partial charge in [-0.3, -0.25) is 9.69 Å². The molecule has 16 heteroatoms. The Bertz CT molecular complexity index is 1380. The van der Waals surface area contributed by atoms with Crippen LogP contribution in [0.15, 0.2) is 35.2 Å². The first-order valence-corrected chi connectivity index (χ1v) is 16.0. The second kappa shape index (κ2) is 13.5. The Kier molecular flexibility index (Phi) is 11.0. The number of amides is 1. The van der Waals surface area contributed by atoms with Crippen LogP contribution in [0.1, 0.15) is 53.1 Å². The highest BCUT2D eigenvalue weighted by Crippen LogP contribution is 2.43. The number of aliphatic carboxylic acids is 1. The van der Waals surface area contributed by atoms with Crippen molar-refractivity contribution >= 4 is 56.3 Å². The molecule has 4 rings (SSSR count). The highest BCUT2D eigenvalue weighted by atomic mass is 35.5. The fraction of sp³-hybridized carbons (Fsp3) is 0.440. The van der Waals surface area contributed by atoms with Crippen LogP contribution in [0.2, 0.25) is 10.0 Å². The van der Waals surface area contributed by atoms with Gasteiger partial charge in [0.05, 0.1) is 11.8 Å². The lowest BCUT2D eigenvalue weighted by Gasteiger charge is -2.33. The largest absolute Gasteiger partial charge is 0.611 e. The van der Waals surface area contributed by atoms with Crippen LogP contribution in [0.4, 0.5) is 17.6 Å². The van der Waals surface area contributed by atoms with Gasteiger partial charge in [-0.15, -0.1) is 0 Å². The number of nitrogens with one attached hydrogen (secondary N) is 1. The average molecular weight is 662 g/mol. The smallest absolute Gasteiger partial charge is 0.490 e. The van der Waals surface area contributed by atoms with E-state index >= 15 is 0 Å². The van der Waals surface area contributed by atoms with E-state index in [1.54, 1.807) is 18.2 Å². The molecule has 1 atom stereocenters. The van der Waals surface area contributed by atoms with E-state index in [2.05, 4.69) is 4.90 Å². The van der Waals surface area contributed by atoms with E-state index in [1.807, 2.05) is 4.72 Å². The van der Waals surface area contributed by atoms with Crippen molar-refractivity contribution in [2.75, 3.05) is 19.3 Å². The van der Waals surface area contributed by atoms with Crippen LogP contribution >= 0.6 is 23.2 Å². The minimum atomic E-state index is -5.08. The summed E-state index contributed by atoms with van der Waals surface area (Å²) < 4.78 is 84.1. The van der Waals surface area contributed by atoms with Gasteiger partial charge in [0.15, 0.2) is 4.90 Å². The third kappa shape index (κ3) is 10.00. The standard InChI is InChI=1S/C23H25Cl2FN2O4S2.C2HF3O2/c1-34(31,32)27-23(29)21-12-20(14-2-3-14)15(8-22(21)26)13-28-6-4-18(5-7-28)33(30)19-10-16(24)9-17(25)11-19;3-2(4,5)1(6)7/h8-12,14,18H,2-7,13H2,1H3,(H,27,29);(H,6,7). The Morgan fingerprint density at radius 1 is 1.07 bits per heavy atom. The quantitative estimate of drug-likeness (QED) is 0.312. The van der Waals surface area contributed by atoms with Gasteiger partial charge in [0.2, 0.25) is 10.0 Å². The second-order valence-corrected chi connectivity index (χ2v) is 14.0. The molecule has 2 fully saturated rings. The van der Waals surface area contributed by atoms with E-state index in [1.165, 1.54) is 12.1 Å². The summed E-state index contributed by atoms with van der Waals surface area (Å²) in [6.45, 7) is 1.92. The maximum Gasteiger partial charge on any atom is 0.490 e. The fourth-order valence-electron chi connectivity index (χ4n) is 4.30. The fourth-order valence-corrected chi connectivity index (χ4v) is 6.91. The number of halogens is 6. The van der Waals surface area contributed by atoms with Gasteiger partial charge in [-0.05, 0) is 59.3 Å². The molecule has 1 unspecified atom stereocenters. The second-order valence-electron chi connectivity index (χ2n) is 9.69. The van der Waals surface area contributed by atoms with Crippen molar-refractivity contribution in [3.63, 3.8) is 0 Å². The molecule has 1 heterocycles. The summed E-state index contributed by atoms with van der Waals surface area (Å²) in [4.78, 5) is 24.0. The van der Waals surface area contributed by atoms with Crippen LogP contribution in [-0.4, -0.2) is 65.6 Å². The maximum atomic E-state index is 14.8. The summed E-state index contributed by atoms with van der Waals surface area (Å²) in [5.41, 5.74) is 1.43. The topological polar surface area (TPSA) is 127 Å². The number of carbonyl (C=O) groups excluding carboxylic acids is 1. The number of benzene rings is 2. The third-order valence-electron chi connectivity index (χ3n) is 6.31. The number of nitrogens with zero attached hydrogens (tertiary/aromatic N) is 1. The molecule has 1 aliphatic carbocycles. The first kappa shape index (κ1) is 33.4. The molecule has 8 nitrogen and oxygen atoms in total. The number of carbonyl (C=O) groups is 2. The van der Waals surface area contributed by atoms with Crippen molar-refractivity contribution in [1.29, 1.82) is 0 Å². The van der Waals surface area contributed by atoms with Crippen LogP contribution < -0.4 is 4.72 Å². The van der Waals surface area contributed by atoms with E-state index < -0.39 is 45.1 Å². The lowest BCUT2D eigenvalue weighted by atomic mass is 9.98. The number of piperidine rings is 1. The van der Waals surface area contributed by atoms with Gasteiger partial charge in [-0.2, -0.15) is 13.2 Å². The van der Waals surface area contributed by atoms with Gasteiger partial charge in [0.1, 0.15) is 11.1 Å². The molecule has 2 N–H and O–H groups in total. The Hall–Kier alpha value is -2.10. The minimum absolute atomic E-state index is 0.0208. The lowest BCUT2D eigenvalue weighted by Crippen LogP contribution is -2.39. The minimum Gasteiger partial charge on any atom is -0.611 e. The third-order valence-corrected chi connectivity index (χ3v) is 9.08. The first-order valence-electron chi connectivity index (χ1n) is 12.2. The number of hydrogen-bond acceptors (Lipinski definition) is 6. The summed E-state index contributed by atoms with van der Waals surface area (Å²) in [6.07, 6.45) is -0.889. The summed E-state index contributed by atoms with van der Waals surface area (Å²) in [5, 5.41) is 8.01. The van der Waals surface area contributed by atoms with E-state index in [0.717, 1.165) is 30.2 Å². The highest BCUT2D eigenvalue weighted by Gasteiger charge is 2.38. The van der Waals surface area contributed by atoms with Crippen LogP contribution in [0, 0.1) is 5.82 Å². The van der Waals surface area contributed by atoms with Gasteiger partial charge in [0, 0.05) is 54.7 Å². The van der Waals surface area contributed by atoms with Gasteiger partial charge in [-0.25, -0.2) is 22.3 Å². The van der Waals surface area contributed by atoms with Gasteiger partial charge < -0.3 is 9.66 Å². The molecule has 1 amide bonds. The van der Waals surface area contributed by atoms with Crippen molar-refractivity contribution in [3.05, 3.63) is 62.9 Å². The number of carboxylic acids is 1. The maximum absolute atomic E-state index is 14.8. The van der Waals surface area contributed by atoms with Crippen LogP contribution in [0.5, 0.6) is 0 Å². The molecule has 0 spiro atoms. The number of sulfonamides is 1. The van der Waals surface area contributed by atoms with Crippen molar-refractivity contribution in [1.82, 2.24) is 9.62 Å². The van der Waals surface area contributed by atoms with E-state index in [4.69, 9.17) is 33.1 Å². The Labute approximate surface area is 247 Å². The monoisotopic (exact) mass is 660 g/mol. The van der Waals surface area contributed by atoms with Crippen molar-refractivity contribution in [2.24, 2.45) is 0 Å². The SMILES string of the molecule is CS(=O)(=O)NC(=O)c1cc(C2CC2)c(CN2CCC([S+]([O-])c3cc(Cl)cc(Cl)c3)CC2)cc1F.O=C(O)C(F)(F)F. The summed E-state index contributed by atoms with van der Waals surface area (Å²) in [5.74, 6) is -4.21. The van der Waals surface area contributed by atoms with E-state index in [9.17, 15) is 35.3 Å². The molecule has 0 bridgehead atoms. The van der Waals surface area contributed by atoms with Crippen LogP contribution in [0.25, 0.3) is 0 Å². The molecule has 1 aliphatic heterocycles. The van der Waals surface area contributed by atoms with Crippen molar-refractivity contribution < 1.29 is 45.2 Å². The van der Waals surface area contributed by atoms with Crippen molar-refractivity contribution in [3.8, 4) is 0 Å². The average Bonchev–Trinajstić information content (AvgIpc) is 3.67. The molecule has 1 saturated carbocycles. The predicted octanol–water partition coefficient (Wildman–Crippen LogP) is 5.10. The molecule has 0 aromatic heterocycles. The molecule has 41 heavy (non-hydrogen) atoms. The zero-order chi connectivity index (χ0) is 30.7. The predicted molar refractivity (Wildman–Crippen MR) is 146 cm³/mol. The highest BCUT2D eigenvalue weighted by molar-refractivity contribution is 7.92. The van der Waals surface area contributed by atoms with E-state index in [-0.39, 0.29) is 16.7 Å². The molecule has 2 aliphatic rings. The normalized spacial score (nSPS) is 17.4. The Morgan fingerprint density at radius 3 is 2.07 bits per heavy atom. The summed E-state index contributed by atoms with van der Waals surface area (Å²) >= 11 is 10.9. The van der Waals surface area contributed by atoms with Crippen LogP contribution in [-0.2, 0) is 32.5 Å². The number of alkyl halides is 3. The summed E-state index contributed by atoms with van der Waals surface area (Å²) in [6, 6.07) is 7.82. The zero-order valence-corrected chi connectivity index (χ0v) is 24.7. The van der Waals surface area contributed by atoms with Gasteiger partial charge in [0.25, 0.3) is 5.91 Å². The Morgan fingerprint density at radius 2 is 1.61 bits per heavy atom. The molecule has 1 saturated heterocycles. The number of likely N-dealkylation sites (tertiary alicyclic amines) is 1. The van der Waals surface area contributed by atoms with Crippen molar-refractivity contribution in [2.45, 2.75) is 54.5 Å².